The Morgan fingerprint density at radius 2 is 1.63 bits per heavy atom. The molecule has 19 heavy (non-hydrogen) atoms. The highest BCUT2D eigenvalue weighted by Crippen LogP contribution is 2.22. The Kier molecular flexibility index (Phi) is 6.57. The smallest absolute Gasteiger partial charge is 0.0136 e. The van der Waals surface area contributed by atoms with Crippen molar-refractivity contribution in [1.82, 2.24) is 5.32 Å². The number of rotatable bonds is 7. The lowest BCUT2D eigenvalue weighted by Gasteiger charge is -2.29. The molecule has 2 unspecified atom stereocenters. The summed E-state index contributed by atoms with van der Waals surface area (Å²) >= 11 is 0. The number of aryl methyl sites for hydroxylation is 2. The minimum absolute atomic E-state index is 0.583. The number of benzene rings is 1. The summed E-state index contributed by atoms with van der Waals surface area (Å²) < 4.78 is 0. The third-order valence-corrected chi connectivity index (χ3v) is 4.41. The molecule has 0 amide bonds. The summed E-state index contributed by atoms with van der Waals surface area (Å²) in [5, 5.41) is 3.75. The summed E-state index contributed by atoms with van der Waals surface area (Å²) in [6, 6.07) is 7.22. The summed E-state index contributed by atoms with van der Waals surface area (Å²) in [5.74, 6) is 1.42. The molecule has 0 aromatic heterocycles. The molecule has 1 nitrogen and oxygen atoms in total. The van der Waals surface area contributed by atoms with E-state index in [0.717, 1.165) is 18.9 Å². The first-order chi connectivity index (χ1) is 8.97. The largest absolute Gasteiger partial charge is 0.313 e. The van der Waals surface area contributed by atoms with Crippen molar-refractivity contribution >= 4 is 0 Å². The Hall–Kier alpha value is -0.820. The van der Waals surface area contributed by atoms with Crippen LogP contribution in [0.1, 0.15) is 50.8 Å². The van der Waals surface area contributed by atoms with E-state index in [1.807, 2.05) is 0 Å². The molecule has 0 aliphatic heterocycles. The molecule has 1 rings (SSSR count). The van der Waals surface area contributed by atoms with Gasteiger partial charge >= 0.3 is 0 Å². The quantitative estimate of drug-likeness (QED) is 0.761. The van der Waals surface area contributed by atoms with Crippen molar-refractivity contribution in [2.45, 2.75) is 60.4 Å². The van der Waals surface area contributed by atoms with Crippen LogP contribution in [0.3, 0.4) is 0 Å². The molecule has 0 saturated carbocycles. The molecule has 0 aliphatic rings. The second-order valence-electron chi connectivity index (χ2n) is 6.24. The van der Waals surface area contributed by atoms with Crippen LogP contribution in [0.5, 0.6) is 0 Å². The summed E-state index contributed by atoms with van der Waals surface area (Å²) in [7, 11) is 0. The molecule has 0 spiro atoms. The number of nitrogens with one attached hydrogen (secondary N) is 1. The molecular formula is C18H31N. The SMILES string of the molecule is CCCNC(Cc1c(C)cccc1C)C(C)C(C)C. The monoisotopic (exact) mass is 261 g/mol. The van der Waals surface area contributed by atoms with Crippen LogP contribution in [-0.4, -0.2) is 12.6 Å². The maximum Gasteiger partial charge on any atom is 0.0136 e. The molecule has 2 atom stereocenters. The first-order valence-electron chi connectivity index (χ1n) is 7.75. The zero-order chi connectivity index (χ0) is 14.4. The Balaban J connectivity index is 2.87. The molecule has 1 heteroatoms. The van der Waals surface area contributed by atoms with Crippen molar-refractivity contribution < 1.29 is 0 Å². The van der Waals surface area contributed by atoms with Gasteiger partial charge in [0.2, 0.25) is 0 Å². The van der Waals surface area contributed by atoms with E-state index in [2.05, 4.69) is 65.1 Å². The number of hydrogen-bond donors (Lipinski definition) is 1. The van der Waals surface area contributed by atoms with Gasteiger partial charge < -0.3 is 5.32 Å². The van der Waals surface area contributed by atoms with Gasteiger partial charge in [-0.25, -0.2) is 0 Å². The molecule has 1 aromatic rings. The van der Waals surface area contributed by atoms with Gasteiger partial charge in [0.1, 0.15) is 0 Å². The van der Waals surface area contributed by atoms with Crippen LogP contribution in [0.25, 0.3) is 0 Å². The highest BCUT2D eigenvalue weighted by atomic mass is 14.9. The van der Waals surface area contributed by atoms with Gasteiger partial charge in [-0.1, -0.05) is 45.9 Å². The van der Waals surface area contributed by atoms with E-state index in [0.29, 0.717) is 12.0 Å². The van der Waals surface area contributed by atoms with E-state index in [1.165, 1.54) is 23.1 Å². The van der Waals surface area contributed by atoms with Gasteiger partial charge in [-0.15, -0.1) is 0 Å². The van der Waals surface area contributed by atoms with Gasteiger partial charge in [0.15, 0.2) is 0 Å². The molecule has 0 heterocycles. The molecule has 108 valence electrons. The van der Waals surface area contributed by atoms with E-state index < -0.39 is 0 Å². The van der Waals surface area contributed by atoms with Crippen molar-refractivity contribution in [2.24, 2.45) is 11.8 Å². The van der Waals surface area contributed by atoms with E-state index in [1.54, 1.807) is 0 Å². The zero-order valence-electron chi connectivity index (χ0n) is 13.6. The van der Waals surface area contributed by atoms with Crippen LogP contribution in [-0.2, 0) is 6.42 Å². The second-order valence-corrected chi connectivity index (χ2v) is 6.24. The summed E-state index contributed by atoms with van der Waals surface area (Å²) in [4.78, 5) is 0. The normalized spacial score (nSPS) is 14.7. The molecule has 0 bridgehead atoms. The topological polar surface area (TPSA) is 12.0 Å². The Labute approximate surface area is 119 Å². The third kappa shape index (κ3) is 4.65. The van der Waals surface area contributed by atoms with Gasteiger partial charge in [0.25, 0.3) is 0 Å². The van der Waals surface area contributed by atoms with Crippen molar-refractivity contribution in [3.8, 4) is 0 Å². The van der Waals surface area contributed by atoms with Crippen LogP contribution in [0.4, 0.5) is 0 Å². The first kappa shape index (κ1) is 16.2. The summed E-state index contributed by atoms with van der Waals surface area (Å²) in [6.07, 6.45) is 2.35. The Bertz CT molecular complexity index is 361. The van der Waals surface area contributed by atoms with Gasteiger partial charge in [0.05, 0.1) is 0 Å². The van der Waals surface area contributed by atoms with Crippen molar-refractivity contribution in [3.63, 3.8) is 0 Å². The summed E-state index contributed by atoms with van der Waals surface area (Å²) in [6.45, 7) is 14.9. The molecule has 1 N–H and O–H groups in total. The van der Waals surface area contributed by atoms with Crippen molar-refractivity contribution in [3.05, 3.63) is 34.9 Å². The average molecular weight is 261 g/mol. The fourth-order valence-electron chi connectivity index (χ4n) is 2.63. The highest BCUT2D eigenvalue weighted by molar-refractivity contribution is 5.34. The third-order valence-electron chi connectivity index (χ3n) is 4.41. The standard InChI is InChI=1S/C18H31N/c1-7-11-19-18(16(6)13(2)3)12-17-14(4)9-8-10-15(17)5/h8-10,13,16,18-19H,7,11-12H2,1-6H3. The minimum atomic E-state index is 0.583. The first-order valence-corrected chi connectivity index (χ1v) is 7.75. The van der Waals surface area contributed by atoms with Crippen LogP contribution in [0.15, 0.2) is 18.2 Å². The fourth-order valence-corrected chi connectivity index (χ4v) is 2.63. The molecule has 0 saturated heterocycles. The Morgan fingerprint density at radius 3 is 2.11 bits per heavy atom. The lowest BCUT2D eigenvalue weighted by molar-refractivity contribution is 0.296. The summed E-state index contributed by atoms with van der Waals surface area (Å²) in [5.41, 5.74) is 4.39. The molecule has 0 fully saturated rings. The number of hydrogen-bond acceptors (Lipinski definition) is 1. The van der Waals surface area contributed by atoms with Crippen molar-refractivity contribution in [2.75, 3.05) is 6.54 Å². The fraction of sp³-hybridized carbons (Fsp3) is 0.667. The van der Waals surface area contributed by atoms with Crippen LogP contribution in [0, 0.1) is 25.7 Å². The average Bonchev–Trinajstić information content (AvgIpc) is 2.36. The van der Waals surface area contributed by atoms with Gasteiger partial charge in [0, 0.05) is 6.04 Å². The molecular weight excluding hydrogens is 230 g/mol. The molecule has 0 radical (unpaired) electrons. The predicted molar refractivity (Wildman–Crippen MR) is 85.7 cm³/mol. The zero-order valence-corrected chi connectivity index (χ0v) is 13.6. The van der Waals surface area contributed by atoms with Crippen LogP contribution in [0.2, 0.25) is 0 Å². The molecule has 1 aromatic carbocycles. The molecule has 0 aliphatic carbocycles. The highest BCUT2D eigenvalue weighted by Gasteiger charge is 2.21. The van der Waals surface area contributed by atoms with Gasteiger partial charge in [-0.2, -0.15) is 0 Å². The van der Waals surface area contributed by atoms with E-state index >= 15 is 0 Å². The van der Waals surface area contributed by atoms with Crippen LogP contribution < -0.4 is 5.32 Å². The lowest BCUT2D eigenvalue weighted by Crippen LogP contribution is -2.39. The maximum atomic E-state index is 3.75. The predicted octanol–water partition coefficient (Wildman–Crippen LogP) is 4.51. The van der Waals surface area contributed by atoms with E-state index in [9.17, 15) is 0 Å². The minimum Gasteiger partial charge on any atom is -0.313 e. The Morgan fingerprint density at radius 1 is 1.05 bits per heavy atom. The maximum absolute atomic E-state index is 3.75. The van der Waals surface area contributed by atoms with E-state index in [4.69, 9.17) is 0 Å². The van der Waals surface area contributed by atoms with Gasteiger partial charge in [-0.05, 0) is 61.8 Å². The van der Waals surface area contributed by atoms with Crippen molar-refractivity contribution in [1.29, 1.82) is 0 Å². The lowest BCUT2D eigenvalue weighted by atomic mass is 9.84. The second kappa shape index (κ2) is 7.69. The van der Waals surface area contributed by atoms with E-state index in [-0.39, 0.29) is 0 Å². The van der Waals surface area contributed by atoms with Gasteiger partial charge in [-0.3, -0.25) is 0 Å². The van der Waals surface area contributed by atoms with Crippen LogP contribution >= 0.6 is 0 Å².